The summed E-state index contributed by atoms with van der Waals surface area (Å²) in [5.74, 6) is 0.684. The van der Waals surface area contributed by atoms with Crippen molar-refractivity contribution in [1.29, 1.82) is 0 Å². The maximum atomic E-state index is 12.3. The quantitative estimate of drug-likeness (QED) is 0.815. The number of rotatable bonds is 7. The SMILES string of the molecule is O=C(NC1CCN(CCCS(=O)(=O)c2ccccc2)CC1)C1CC1. The number of benzene rings is 1. The number of nitrogens with one attached hydrogen (secondary N) is 1. The molecular formula is C18H26N2O3S. The highest BCUT2D eigenvalue weighted by Crippen LogP contribution is 2.29. The number of carbonyl (C=O) groups excluding carboxylic acids is 1. The van der Waals surface area contributed by atoms with Gasteiger partial charge in [-0.25, -0.2) is 8.42 Å². The van der Waals surface area contributed by atoms with Gasteiger partial charge in [0.2, 0.25) is 5.91 Å². The van der Waals surface area contributed by atoms with Gasteiger partial charge in [0.25, 0.3) is 0 Å². The molecule has 3 rings (SSSR count). The molecule has 2 fully saturated rings. The fraction of sp³-hybridized carbons (Fsp3) is 0.611. The van der Waals surface area contributed by atoms with Crippen LogP contribution in [0, 0.1) is 5.92 Å². The van der Waals surface area contributed by atoms with E-state index in [0.29, 0.717) is 17.4 Å². The lowest BCUT2D eigenvalue weighted by molar-refractivity contribution is -0.123. The fourth-order valence-electron chi connectivity index (χ4n) is 3.19. The molecule has 0 bridgehead atoms. The van der Waals surface area contributed by atoms with E-state index in [1.807, 2.05) is 6.07 Å². The van der Waals surface area contributed by atoms with Crippen molar-refractivity contribution in [3.63, 3.8) is 0 Å². The van der Waals surface area contributed by atoms with Crippen molar-refractivity contribution >= 4 is 15.7 Å². The average Bonchev–Trinajstić information content (AvgIpc) is 3.42. The first-order valence-corrected chi connectivity index (χ1v) is 10.5. The molecule has 6 heteroatoms. The minimum absolute atomic E-state index is 0.190. The Balaban J connectivity index is 1.37. The molecule has 1 aromatic rings. The van der Waals surface area contributed by atoms with Gasteiger partial charge in [-0.05, 0) is 50.8 Å². The molecule has 0 aromatic heterocycles. The second-order valence-corrected chi connectivity index (χ2v) is 8.99. The average molecular weight is 350 g/mol. The first-order valence-electron chi connectivity index (χ1n) is 8.85. The van der Waals surface area contributed by atoms with Crippen LogP contribution in [0.4, 0.5) is 0 Å². The Bertz CT molecular complexity index is 648. The van der Waals surface area contributed by atoms with Crippen molar-refractivity contribution in [2.45, 2.75) is 43.0 Å². The topological polar surface area (TPSA) is 66.5 Å². The third kappa shape index (κ3) is 4.80. The van der Waals surface area contributed by atoms with Crippen LogP contribution in [0.25, 0.3) is 0 Å². The van der Waals surface area contributed by atoms with Crippen LogP contribution in [-0.2, 0) is 14.6 Å². The number of hydrogen-bond donors (Lipinski definition) is 1. The summed E-state index contributed by atoms with van der Waals surface area (Å²) in [5.41, 5.74) is 0. The second-order valence-electron chi connectivity index (χ2n) is 6.88. The molecule has 1 N–H and O–H groups in total. The minimum atomic E-state index is -3.17. The normalized spacial score (nSPS) is 20.0. The number of sulfone groups is 1. The second kappa shape index (κ2) is 7.66. The summed E-state index contributed by atoms with van der Waals surface area (Å²) in [4.78, 5) is 14.5. The van der Waals surface area contributed by atoms with E-state index in [0.717, 1.165) is 45.3 Å². The Labute approximate surface area is 144 Å². The standard InChI is InChI=1S/C18H26N2O3S/c21-18(15-7-8-15)19-16-9-12-20(13-10-16)11-4-14-24(22,23)17-5-2-1-3-6-17/h1-3,5-6,15-16H,4,7-14H2,(H,19,21). The number of nitrogens with zero attached hydrogens (tertiary/aromatic N) is 1. The van der Waals surface area contributed by atoms with Crippen molar-refractivity contribution in [2.75, 3.05) is 25.4 Å². The molecule has 1 aliphatic heterocycles. The monoisotopic (exact) mass is 350 g/mol. The first kappa shape index (κ1) is 17.4. The number of piperidine rings is 1. The molecule has 0 atom stereocenters. The van der Waals surface area contributed by atoms with Gasteiger partial charge in [-0.15, -0.1) is 0 Å². The van der Waals surface area contributed by atoms with Crippen LogP contribution in [0.3, 0.4) is 0 Å². The van der Waals surface area contributed by atoms with Gasteiger partial charge in [-0.3, -0.25) is 4.79 Å². The zero-order valence-corrected chi connectivity index (χ0v) is 14.8. The summed E-state index contributed by atoms with van der Waals surface area (Å²) >= 11 is 0. The lowest BCUT2D eigenvalue weighted by Gasteiger charge is -2.32. The van der Waals surface area contributed by atoms with Crippen LogP contribution in [-0.4, -0.2) is 50.7 Å². The fourth-order valence-corrected chi connectivity index (χ4v) is 4.51. The lowest BCUT2D eigenvalue weighted by Crippen LogP contribution is -2.45. The van der Waals surface area contributed by atoms with Crippen molar-refractivity contribution in [3.05, 3.63) is 30.3 Å². The summed E-state index contributed by atoms with van der Waals surface area (Å²) in [6.45, 7) is 2.66. The molecule has 1 saturated carbocycles. The number of likely N-dealkylation sites (tertiary alicyclic amines) is 1. The van der Waals surface area contributed by atoms with Gasteiger partial charge in [0, 0.05) is 25.0 Å². The van der Waals surface area contributed by atoms with Crippen molar-refractivity contribution in [2.24, 2.45) is 5.92 Å². The molecule has 132 valence electrons. The smallest absolute Gasteiger partial charge is 0.223 e. The third-order valence-corrected chi connectivity index (χ3v) is 6.69. The van der Waals surface area contributed by atoms with Crippen LogP contribution >= 0.6 is 0 Å². The van der Waals surface area contributed by atoms with Crippen molar-refractivity contribution in [1.82, 2.24) is 10.2 Å². The summed E-state index contributed by atoms with van der Waals surface area (Å²) in [6.07, 6.45) is 4.66. The molecule has 24 heavy (non-hydrogen) atoms. The van der Waals surface area contributed by atoms with E-state index in [9.17, 15) is 13.2 Å². The minimum Gasteiger partial charge on any atom is -0.353 e. The summed E-state index contributed by atoms with van der Waals surface area (Å²) in [7, 11) is -3.17. The van der Waals surface area contributed by atoms with Crippen LogP contribution < -0.4 is 5.32 Å². The zero-order valence-electron chi connectivity index (χ0n) is 14.0. The van der Waals surface area contributed by atoms with Gasteiger partial charge >= 0.3 is 0 Å². The highest BCUT2D eigenvalue weighted by Gasteiger charge is 2.31. The van der Waals surface area contributed by atoms with Crippen molar-refractivity contribution in [3.8, 4) is 0 Å². The largest absolute Gasteiger partial charge is 0.353 e. The Hall–Kier alpha value is -1.40. The zero-order chi connectivity index (χ0) is 17.0. The van der Waals surface area contributed by atoms with E-state index in [2.05, 4.69) is 10.2 Å². The molecule has 2 aliphatic rings. The Morgan fingerprint density at radius 2 is 1.75 bits per heavy atom. The van der Waals surface area contributed by atoms with E-state index in [1.165, 1.54) is 0 Å². The molecule has 1 amide bonds. The summed E-state index contributed by atoms with van der Waals surface area (Å²) < 4.78 is 24.5. The van der Waals surface area contributed by atoms with Gasteiger partial charge < -0.3 is 10.2 Å². The van der Waals surface area contributed by atoms with E-state index >= 15 is 0 Å². The third-order valence-electron chi connectivity index (χ3n) is 4.87. The Kier molecular flexibility index (Phi) is 5.56. The molecule has 1 aliphatic carbocycles. The van der Waals surface area contributed by atoms with Gasteiger partial charge in [-0.2, -0.15) is 0 Å². The number of amides is 1. The van der Waals surface area contributed by atoms with Crippen LogP contribution in [0.15, 0.2) is 35.2 Å². The molecule has 0 spiro atoms. The summed E-state index contributed by atoms with van der Waals surface area (Å²) in [5, 5.41) is 3.14. The molecule has 1 saturated heterocycles. The molecule has 0 unspecified atom stereocenters. The predicted octanol–water partition coefficient (Wildman–Crippen LogP) is 1.84. The van der Waals surface area contributed by atoms with Gasteiger partial charge in [0.1, 0.15) is 0 Å². The Morgan fingerprint density at radius 3 is 2.38 bits per heavy atom. The predicted molar refractivity (Wildman–Crippen MR) is 93.4 cm³/mol. The van der Waals surface area contributed by atoms with E-state index in [4.69, 9.17) is 0 Å². The molecule has 1 aromatic carbocycles. The maximum Gasteiger partial charge on any atom is 0.223 e. The number of hydrogen-bond acceptors (Lipinski definition) is 4. The van der Waals surface area contributed by atoms with Crippen molar-refractivity contribution < 1.29 is 13.2 Å². The highest BCUT2D eigenvalue weighted by molar-refractivity contribution is 7.91. The van der Waals surface area contributed by atoms with Gasteiger partial charge in [-0.1, -0.05) is 18.2 Å². The Morgan fingerprint density at radius 1 is 1.08 bits per heavy atom. The van der Waals surface area contributed by atoms with Gasteiger partial charge in [0.05, 0.1) is 10.6 Å². The first-order chi connectivity index (χ1) is 11.5. The van der Waals surface area contributed by atoms with Crippen LogP contribution in [0.5, 0.6) is 0 Å². The van der Waals surface area contributed by atoms with Crippen LogP contribution in [0.1, 0.15) is 32.1 Å². The lowest BCUT2D eigenvalue weighted by atomic mass is 10.0. The van der Waals surface area contributed by atoms with Crippen LogP contribution in [0.2, 0.25) is 0 Å². The number of carbonyl (C=O) groups is 1. The van der Waals surface area contributed by atoms with E-state index in [-0.39, 0.29) is 17.6 Å². The molecule has 5 nitrogen and oxygen atoms in total. The van der Waals surface area contributed by atoms with E-state index in [1.54, 1.807) is 24.3 Å². The maximum absolute atomic E-state index is 12.3. The molecule has 1 heterocycles. The summed E-state index contributed by atoms with van der Waals surface area (Å²) in [6, 6.07) is 8.95. The molecule has 0 radical (unpaired) electrons. The highest BCUT2D eigenvalue weighted by atomic mass is 32.2. The molecular weight excluding hydrogens is 324 g/mol. The van der Waals surface area contributed by atoms with Gasteiger partial charge in [0.15, 0.2) is 9.84 Å². The van der Waals surface area contributed by atoms with E-state index < -0.39 is 9.84 Å².